The van der Waals surface area contributed by atoms with E-state index >= 15 is 0 Å². The van der Waals surface area contributed by atoms with Crippen LogP contribution in [0.25, 0.3) is 0 Å². The molecule has 124 valence electrons. The number of rotatable bonds is 0. The third-order valence-electron chi connectivity index (χ3n) is 2.85. The fourth-order valence-corrected chi connectivity index (χ4v) is 1.96. The SMILES string of the molecule is C#CC1CN(C(=O)OC(C)(C)C)CCN1C(=O)OC(C)(C)C. The predicted octanol–water partition coefficient (Wildman–Crippen LogP) is 2.48. The van der Waals surface area contributed by atoms with Crippen LogP contribution in [-0.2, 0) is 9.47 Å². The van der Waals surface area contributed by atoms with Gasteiger partial charge in [0.25, 0.3) is 0 Å². The van der Waals surface area contributed by atoms with E-state index in [9.17, 15) is 9.59 Å². The summed E-state index contributed by atoms with van der Waals surface area (Å²) >= 11 is 0. The molecule has 1 fully saturated rings. The maximum atomic E-state index is 12.2. The van der Waals surface area contributed by atoms with Gasteiger partial charge in [-0.1, -0.05) is 5.92 Å². The van der Waals surface area contributed by atoms with E-state index < -0.39 is 29.4 Å². The Morgan fingerprint density at radius 2 is 1.50 bits per heavy atom. The van der Waals surface area contributed by atoms with Crippen LogP contribution >= 0.6 is 0 Å². The average Bonchev–Trinajstić information content (AvgIpc) is 2.33. The maximum Gasteiger partial charge on any atom is 0.411 e. The molecule has 6 nitrogen and oxygen atoms in total. The van der Waals surface area contributed by atoms with E-state index in [4.69, 9.17) is 15.9 Å². The van der Waals surface area contributed by atoms with Gasteiger partial charge in [0, 0.05) is 13.1 Å². The van der Waals surface area contributed by atoms with Gasteiger partial charge in [-0.3, -0.25) is 4.90 Å². The van der Waals surface area contributed by atoms with Crippen molar-refractivity contribution in [1.82, 2.24) is 9.80 Å². The summed E-state index contributed by atoms with van der Waals surface area (Å²) in [7, 11) is 0. The van der Waals surface area contributed by atoms with E-state index in [0.717, 1.165) is 0 Å². The minimum atomic E-state index is -0.585. The molecule has 1 aliphatic heterocycles. The molecule has 1 rings (SSSR count). The quantitative estimate of drug-likeness (QED) is 0.645. The highest BCUT2D eigenvalue weighted by atomic mass is 16.6. The molecule has 0 bridgehead atoms. The summed E-state index contributed by atoms with van der Waals surface area (Å²) < 4.78 is 10.7. The topological polar surface area (TPSA) is 59.1 Å². The van der Waals surface area contributed by atoms with Gasteiger partial charge >= 0.3 is 12.2 Å². The van der Waals surface area contributed by atoms with Gasteiger partial charge in [0.1, 0.15) is 17.2 Å². The Bertz CT molecular complexity index is 468. The number of ether oxygens (including phenoxy) is 2. The van der Waals surface area contributed by atoms with Crippen LogP contribution in [0.2, 0.25) is 0 Å². The van der Waals surface area contributed by atoms with Crippen molar-refractivity contribution in [2.24, 2.45) is 0 Å². The molecule has 1 heterocycles. The van der Waals surface area contributed by atoms with Gasteiger partial charge in [-0.2, -0.15) is 0 Å². The lowest BCUT2D eigenvalue weighted by Gasteiger charge is -2.39. The molecule has 1 saturated heterocycles. The van der Waals surface area contributed by atoms with Crippen LogP contribution in [0.15, 0.2) is 0 Å². The van der Waals surface area contributed by atoms with Crippen molar-refractivity contribution in [2.75, 3.05) is 19.6 Å². The lowest BCUT2D eigenvalue weighted by molar-refractivity contribution is -0.00767. The molecule has 0 aliphatic carbocycles. The number of hydrogen-bond acceptors (Lipinski definition) is 4. The van der Waals surface area contributed by atoms with Gasteiger partial charge in [0.05, 0.1) is 6.54 Å². The van der Waals surface area contributed by atoms with Crippen molar-refractivity contribution in [3.63, 3.8) is 0 Å². The van der Waals surface area contributed by atoms with Crippen LogP contribution in [0, 0.1) is 12.3 Å². The lowest BCUT2D eigenvalue weighted by Crippen LogP contribution is -2.57. The Morgan fingerprint density at radius 3 is 1.95 bits per heavy atom. The second-order valence-corrected chi connectivity index (χ2v) is 7.28. The molecular formula is C16H26N2O4. The first-order valence-electron chi connectivity index (χ1n) is 7.36. The second kappa shape index (κ2) is 6.47. The molecule has 0 spiro atoms. The van der Waals surface area contributed by atoms with Crippen molar-refractivity contribution >= 4 is 12.2 Å². The lowest BCUT2D eigenvalue weighted by atomic mass is 10.1. The first kappa shape index (κ1) is 18.1. The van der Waals surface area contributed by atoms with Crippen molar-refractivity contribution in [1.29, 1.82) is 0 Å². The van der Waals surface area contributed by atoms with Gasteiger partial charge in [0.15, 0.2) is 0 Å². The van der Waals surface area contributed by atoms with Crippen LogP contribution in [-0.4, -0.2) is 58.9 Å². The minimum absolute atomic E-state index is 0.241. The highest BCUT2D eigenvalue weighted by Gasteiger charge is 2.35. The molecule has 0 aromatic heterocycles. The molecule has 0 aromatic carbocycles. The van der Waals surface area contributed by atoms with Gasteiger partial charge in [-0.25, -0.2) is 9.59 Å². The van der Waals surface area contributed by atoms with Crippen molar-refractivity contribution in [3.05, 3.63) is 0 Å². The normalized spacial score (nSPS) is 19.4. The Labute approximate surface area is 132 Å². The van der Waals surface area contributed by atoms with Crippen LogP contribution in [0.5, 0.6) is 0 Å². The van der Waals surface area contributed by atoms with Gasteiger partial charge in [-0.05, 0) is 41.5 Å². The summed E-state index contributed by atoms with van der Waals surface area (Å²) in [6.07, 6.45) is 4.63. The Hall–Kier alpha value is -1.90. The van der Waals surface area contributed by atoms with E-state index in [-0.39, 0.29) is 6.54 Å². The monoisotopic (exact) mass is 310 g/mol. The summed E-state index contributed by atoms with van der Waals surface area (Å²) in [6.45, 7) is 11.7. The molecule has 0 saturated carbocycles. The number of piperazine rings is 1. The zero-order valence-electron chi connectivity index (χ0n) is 14.3. The average molecular weight is 310 g/mol. The van der Waals surface area contributed by atoms with E-state index in [1.54, 1.807) is 41.5 Å². The minimum Gasteiger partial charge on any atom is -0.444 e. The highest BCUT2D eigenvalue weighted by molar-refractivity contribution is 5.71. The first-order chi connectivity index (χ1) is 9.93. The standard InChI is InChI=1S/C16H26N2O4/c1-8-12-11-17(13(19)21-15(2,3)4)9-10-18(12)14(20)22-16(5,6)7/h1,12H,9-11H2,2-7H3. The number of carbonyl (C=O) groups excluding carboxylic acids is 2. The van der Waals surface area contributed by atoms with Crippen molar-refractivity contribution in [2.45, 2.75) is 58.8 Å². The number of amides is 2. The van der Waals surface area contributed by atoms with E-state index in [1.165, 1.54) is 9.80 Å². The summed E-state index contributed by atoms with van der Waals surface area (Å²) in [5.41, 5.74) is -1.15. The smallest absolute Gasteiger partial charge is 0.411 e. The Balaban J connectivity index is 2.71. The molecular weight excluding hydrogens is 284 g/mol. The molecule has 0 radical (unpaired) electrons. The van der Waals surface area contributed by atoms with E-state index in [0.29, 0.717) is 13.1 Å². The van der Waals surface area contributed by atoms with Gasteiger partial charge in [-0.15, -0.1) is 6.42 Å². The molecule has 2 amide bonds. The van der Waals surface area contributed by atoms with Gasteiger partial charge in [0.2, 0.25) is 0 Å². The maximum absolute atomic E-state index is 12.2. The van der Waals surface area contributed by atoms with Crippen LogP contribution < -0.4 is 0 Å². The molecule has 0 aromatic rings. The molecule has 6 heteroatoms. The number of hydrogen-bond donors (Lipinski definition) is 0. The first-order valence-corrected chi connectivity index (χ1v) is 7.36. The Kier molecular flexibility index (Phi) is 5.34. The fourth-order valence-electron chi connectivity index (χ4n) is 1.96. The molecule has 1 atom stereocenters. The van der Waals surface area contributed by atoms with Crippen LogP contribution in [0.4, 0.5) is 9.59 Å². The third kappa shape index (κ3) is 5.47. The number of nitrogens with zero attached hydrogens (tertiary/aromatic N) is 2. The van der Waals surface area contributed by atoms with E-state index in [2.05, 4.69) is 5.92 Å². The zero-order chi connectivity index (χ0) is 17.1. The highest BCUT2D eigenvalue weighted by Crippen LogP contribution is 2.17. The van der Waals surface area contributed by atoms with E-state index in [1.807, 2.05) is 0 Å². The molecule has 1 unspecified atom stereocenters. The van der Waals surface area contributed by atoms with Crippen LogP contribution in [0.1, 0.15) is 41.5 Å². The third-order valence-corrected chi connectivity index (χ3v) is 2.85. The summed E-state index contributed by atoms with van der Waals surface area (Å²) in [4.78, 5) is 27.2. The van der Waals surface area contributed by atoms with Crippen molar-refractivity contribution < 1.29 is 19.1 Å². The molecule has 22 heavy (non-hydrogen) atoms. The largest absolute Gasteiger partial charge is 0.444 e. The number of terminal acetylenes is 1. The fraction of sp³-hybridized carbons (Fsp3) is 0.750. The molecule has 0 N–H and O–H groups in total. The van der Waals surface area contributed by atoms with Crippen molar-refractivity contribution in [3.8, 4) is 12.3 Å². The summed E-state index contributed by atoms with van der Waals surface area (Å²) in [6, 6.07) is -0.517. The second-order valence-electron chi connectivity index (χ2n) is 7.28. The summed E-state index contributed by atoms with van der Waals surface area (Å²) in [5, 5.41) is 0. The summed E-state index contributed by atoms with van der Waals surface area (Å²) in [5.74, 6) is 2.54. The Morgan fingerprint density at radius 1 is 1.00 bits per heavy atom. The molecule has 1 aliphatic rings. The van der Waals surface area contributed by atoms with Crippen LogP contribution in [0.3, 0.4) is 0 Å². The zero-order valence-corrected chi connectivity index (χ0v) is 14.3. The number of carbonyl (C=O) groups is 2. The predicted molar refractivity (Wildman–Crippen MR) is 83.4 cm³/mol. The van der Waals surface area contributed by atoms with Gasteiger partial charge < -0.3 is 14.4 Å².